The van der Waals surface area contributed by atoms with E-state index in [1.165, 1.54) is 24.6 Å². The zero-order chi connectivity index (χ0) is 23.3. The predicted molar refractivity (Wildman–Crippen MR) is 116 cm³/mol. The molecule has 1 atom stereocenters. The number of benzene rings is 2. The Morgan fingerprint density at radius 1 is 1.06 bits per heavy atom. The zero-order valence-corrected chi connectivity index (χ0v) is 19.1. The van der Waals surface area contributed by atoms with Gasteiger partial charge in [-0.1, -0.05) is 6.07 Å². The minimum absolute atomic E-state index is 0.0137. The molecule has 2 aromatic carbocycles. The molecule has 1 aliphatic rings. The summed E-state index contributed by atoms with van der Waals surface area (Å²) in [5, 5.41) is 2.86. The molecule has 10 heteroatoms. The lowest BCUT2D eigenvalue weighted by Crippen LogP contribution is -2.45. The van der Waals surface area contributed by atoms with Crippen molar-refractivity contribution in [1.29, 1.82) is 0 Å². The topological polar surface area (TPSA) is 94.2 Å². The van der Waals surface area contributed by atoms with Crippen molar-refractivity contribution >= 4 is 15.9 Å². The average Bonchev–Trinajstić information content (AvgIpc) is 2.82. The molecule has 0 unspecified atom stereocenters. The SMILES string of the molecule is COc1ccc(CNC(=O)[C@H]2CCCN(S(=O)(=O)c3cc(F)ccc3OC)C2)cc1OC. The number of amides is 1. The van der Waals surface area contributed by atoms with Crippen molar-refractivity contribution in [2.24, 2.45) is 5.92 Å². The smallest absolute Gasteiger partial charge is 0.246 e. The highest BCUT2D eigenvalue weighted by Gasteiger charge is 2.35. The molecule has 174 valence electrons. The number of piperidine rings is 1. The number of halogens is 1. The summed E-state index contributed by atoms with van der Waals surface area (Å²) in [6, 6.07) is 8.69. The van der Waals surface area contributed by atoms with E-state index in [1.807, 2.05) is 6.07 Å². The van der Waals surface area contributed by atoms with Gasteiger partial charge in [0.15, 0.2) is 11.5 Å². The second-order valence-electron chi connectivity index (χ2n) is 7.40. The van der Waals surface area contributed by atoms with Crippen LogP contribution in [0, 0.1) is 11.7 Å². The van der Waals surface area contributed by atoms with Gasteiger partial charge in [0, 0.05) is 19.6 Å². The van der Waals surface area contributed by atoms with E-state index in [1.54, 1.807) is 19.2 Å². The molecular formula is C22H27FN2O6S. The number of methoxy groups -OCH3 is 3. The Kier molecular flexibility index (Phi) is 7.57. The van der Waals surface area contributed by atoms with E-state index in [-0.39, 0.29) is 36.2 Å². The van der Waals surface area contributed by atoms with Crippen LogP contribution < -0.4 is 19.5 Å². The Morgan fingerprint density at radius 2 is 1.75 bits per heavy atom. The number of hydrogen-bond donors (Lipinski definition) is 1. The lowest BCUT2D eigenvalue weighted by atomic mass is 9.98. The molecule has 1 heterocycles. The maximum atomic E-state index is 13.7. The fourth-order valence-electron chi connectivity index (χ4n) is 3.69. The van der Waals surface area contributed by atoms with Gasteiger partial charge in [0.25, 0.3) is 0 Å². The van der Waals surface area contributed by atoms with Crippen molar-refractivity contribution < 1.29 is 31.8 Å². The average molecular weight is 467 g/mol. The molecule has 8 nitrogen and oxygen atoms in total. The van der Waals surface area contributed by atoms with Gasteiger partial charge in [-0.2, -0.15) is 4.31 Å². The molecule has 32 heavy (non-hydrogen) atoms. The van der Waals surface area contributed by atoms with Gasteiger partial charge in [0.2, 0.25) is 15.9 Å². The summed E-state index contributed by atoms with van der Waals surface area (Å²) in [7, 11) is 0.382. The first-order chi connectivity index (χ1) is 15.3. The molecular weight excluding hydrogens is 439 g/mol. The van der Waals surface area contributed by atoms with Crippen LogP contribution in [-0.2, 0) is 21.4 Å². The molecule has 3 rings (SSSR count). The van der Waals surface area contributed by atoms with Gasteiger partial charge in [0.1, 0.15) is 16.5 Å². The lowest BCUT2D eigenvalue weighted by molar-refractivity contribution is -0.126. The number of nitrogens with one attached hydrogen (secondary N) is 1. The maximum Gasteiger partial charge on any atom is 0.246 e. The number of hydrogen-bond acceptors (Lipinski definition) is 6. The first-order valence-electron chi connectivity index (χ1n) is 10.1. The second-order valence-corrected chi connectivity index (χ2v) is 9.31. The standard InChI is InChI=1S/C22H27FN2O6S/c1-29-18-8-6-15(11-20(18)31-3)13-24-22(26)16-5-4-10-25(14-16)32(27,28)21-12-17(23)7-9-19(21)30-2/h6-9,11-12,16H,4-5,10,13-14H2,1-3H3,(H,24,26)/t16-/m0/s1. The minimum Gasteiger partial charge on any atom is -0.495 e. The number of carbonyl (C=O) groups excluding carboxylic acids is 1. The van der Waals surface area contributed by atoms with Crippen LogP contribution in [0.1, 0.15) is 18.4 Å². The molecule has 0 spiro atoms. The third-order valence-electron chi connectivity index (χ3n) is 5.41. The van der Waals surface area contributed by atoms with Gasteiger partial charge in [-0.05, 0) is 48.7 Å². The van der Waals surface area contributed by atoms with E-state index >= 15 is 0 Å². The molecule has 1 aliphatic heterocycles. The number of sulfonamides is 1. The summed E-state index contributed by atoms with van der Waals surface area (Å²) in [5.74, 6) is -0.233. The van der Waals surface area contributed by atoms with Gasteiger partial charge < -0.3 is 19.5 Å². The highest BCUT2D eigenvalue weighted by Crippen LogP contribution is 2.31. The molecule has 0 aromatic heterocycles. The monoisotopic (exact) mass is 466 g/mol. The van der Waals surface area contributed by atoms with Crippen molar-refractivity contribution in [3.05, 3.63) is 47.8 Å². The van der Waals surface area contributed by atoms with E-state index < -0.39 is 21.8 Å². The Balaban J connectivity index is 1.69. The van der Waals surface area contributed by atoms with E-state index in [2.05, 4.69) is 5.32 Å². The fourth-order valence-corrected chi connectivity index (χ4v) is 5.38. The fraction of sp³-hybridized carbons (Fsp3) is 0.409. The summed E-state index contributed by atoms with van der Waals surface area (Å²) in [6.45, 7) is 0.529. The molecule has 0 radical (unpaired) electrons. The van der Waals surface area contributed by atoms with Crippen LogP contribution in [0.5, 0.6) is 17.2 Å². The Morgan fingerprint density at radius 3 is 2.44 bits per heavy atom. The van der Waals surface area contributed by atoms with E-state index in [0.717, 1.165) is 17.7 Å². The van der Waals surface area contributed by atoms with Crippen molar-refractivity contribution in [1.82, 2.24) is 9.62 Å². The molecule has 1 saturated heterocycles. The molecule has 2 aromatic rings. The summed E-state index contributed by atoms with van der Waals surface area (Å²) in [6.07, 6.45) is 1.08. The van der Waals surface area contributed by atoms with Crippen LogP contribution in [-0.4, -0.2) is 53.0 Å². The first-order valence-corrected chi connectivity index (χ1v) is 11.6. The Bertz CT molecular complexity index is 1080. The number of rotatable bonds is 8. The predicted octanol–water partition coefficient (Wildman–Crippen LogP) is 2.57. The molecule has 1 fully saturated rings. The molecule has 0 aliphatic carbocycles. The third kappa shape index (κ3) is 5.13. The van der Waals surface area contributed by atoms with Gasteiger partial charge in [-0.25, -0.2) is 12.8 Å². The largest absolute Gasteiger partial charge is 0.495 e. The number of nitrogens with zero attached hydrogens (tertiary/aromatic N) is 1. The zero-order valence-electron chi connectivity index (χ0n) is 18.3. The van der Waals surface area contributed by atoms with Crippen molar-refractivity contribution in [2.75, 3.05) is 34.4 Å². The quantitative estimate of drug-likeness (QED) is 0.643. The van der Waals surface area contributed by atoms with E-state index in [4.69, 9.17) is 14.2 Å². The lowest BCUT2D eigenvalue weighted by Gasteiger charge is -2.31. The van der Waals surface area contributed by atoms with Gasteiger partial charge >= 0.3 is 0 Å². The normalized spacial score (nSPS) is 16.9. The van der Waals surface area contributed by atoms with Crippen LogP contribution in [0.2, 0.25) is 0 Å². The summed E-state index contributed by atoms with van der Waals surface area (Å²) in [5.41, 5.74) is 0.820. The minimum atomic E-state index is -4.02. The van der Waals surface area contributed by atoms with Crippen molar-refractivity contribution in [2.45, 2.75) is 24.3 Å². The first kappa shape index (κ1) is 23.8. The molecule has 1 N–H and O–H groups in total. The van der Waals surface area contributed by atoms with Gasteiger partial charge in [0.05, 0.1) is 27.2 Å². The number of carbonyl (C=O) groups is 1. The van der Waals surface area contributed by atoms with Gasteiger partial charge in [-0.3, -0.25) is 4.79 Å². The van der Waals surface area contributed by atoms with Crippen molar-refractivity contribution in [3.8, 4) is 17.2 Å². The van der Waals surface area contributed by atoms with E-state index in [0.29, 0.717) is 24.3 Å². The van der Waals surface area contributed by atoms with Crippen LogP contribution in [0.25, 0.3) is 0 Å². The van der Waals surface area contributed by atoms with Crippen LogP contribution >= 0.6 is 0 Å². The Labute approximate surface area is 187 Å². The summed E-state index contributed by atoms with van der Waals surface area (Å²) < 4.78 is 56.8. The van der Waals surface area contributed by atoms with Gasteiger partial charge in [-0.15, -0.1) is 0 Å². The molecule has 0 saturated carbocycles. The number of ether oxygens (including phenoxy) is 3. The van der Waals surface area contributed by atoms with Crippen LogP contribution in [0.4, 0.5) is 4.39 Å². The maximum absolute atomic E-state index is 13.7. The van der Waals surface area contributed by atoms with Crippen LogP contribution in [0.3, 0.4) is 0 Å². The van der Waals surface area contributed by atoms with Crippen molar-refractivity contribution in [3.63, 3.8) is 0 Å². The highest BCUT2D eigenvalue weighted by atomic mass is 32.2. The summed E-state index contributed by atoms with van der Waals surface area (Å²) in [4.78, 5) is 12.5. The highest BCUT2D eigenvalue weighted by molar-refractivity contribution is 7.89. The molecule has 0 bridgehead atoms. The molecule has 1 amide bonds. The van der Waals surface area contributed by atoms with E-state index in [9.17, 15) is 17.6 Å². The third-order valence-corrected chi connectivity index (χ3v) is 7.30. The van der Waals surface area contributed by atoms with Crippen LogP contribution in [0.15, 0.2) is 41.3 Å². The Hall–Kier alpha value is -2.85. The summed E-state index contributed by atoms with van der Waals surface area (Å²) >= 11 is 0. The second kappa shape index (κ2) is 10.2.